The average molecular weight is 449 g/mol. The van der Waals surface area contributed by atoms with Crippen molar-refractivity contribution in [2.75, 3.05) is 14.1 Å². The number of rotatable bonds is 4. The molecule has 0 radical (unpaired) electrons. The van der Waals surface area contributed by atoms with Crippen molar-refractivity contribution >= 4 is 53.1 Å². The zero-order valence-corrected chi connectivity index (χ0v) is 18.8. The molecule has 0 spiro atoms. The van der Waals surface area contributed by atoms with E-state index in [-0.39, 0.29) is 11.8 Å². The molecular formula is C20H20N2O2S4. The second-order valence-electron chi connectivity index (χ2n) is 6.92. The molecule has 2 aromatic carbocycles. The molecule has 3 aliphatic heterocycles. The Morgan fingerprint density at radius 1 is 0.679 bits per heavy atom. The lowest BCUT2D eigenvalue weighted by Crippen LogP contribution is -2.74. The summed E-state index contributed by atoms with van der Waals surface area (Å²) in [6.45, 7) is 0. The van der Waals surface area contributed by atoms with Crippen LogP contribution in [0, 0.1) is 0 Å². The Morgan fingerprint density at radius 2 is 1.04 bits per heavy atom. The van der Waals surface area contributed by atoms with E-state index in [4.69, 9.17) is 0 Å². The second-order valence-corrected chi connectivity index (χ2v) is 13.1. The average Bonchev–Trinajstić information content (AvgIpc) is 2.73. The highest BCUT2D eigenvalue weighted by Gasteiger charge is 2.63. The first-order chi connectivity index (χ1) is 13.5. The zero-order valence-electron chi connectivity index (χ0n) is 15.5. The van der Waals surface area contributed by atoms with Crippen LogP contribution in [0.3, 0.4) is 0 Å². The van der Waals surface area contributed by atoms with Gasteiger partial charge in [0.25, 0.3) is 11.8 Å². The highest BCUT2D eigenvalue weighted by Crippen LogP contribution is 2.61. The lowest BCUT2D eigenvalue weighted by atomic mass is 9.94. The third-order valence-corrected chi connectivity index (χ3v) is 12.7. The summed E-state index contributed by atoms with van der Waals surface area (Å²) in [5.41, 5.74) is 2.09. The molecule has 3 fully saturated rings. The summed E-state index contributed by atoms with van der Waals surface area (Å²) in [5, 5.41) is 0. The fourth-order valence-corrected chi connectivity index (χ4v) is 11.5. The molecule has 0 N–H and O–H groups in total. The van der Waals surface area contributed by atoms with Crippen LogP contribution in [0.1, 0.15) is 11.1 Å². The molecule has 0 unspecified atom stereocenters. The number of likely N-dealkylation sites (N-methyl/N-ethyl adjacent to an activating group) is 2. The van der Waals surface area contributed by atoms with Crippen LogP contribution < -0.4 is 0 Å². The molecule has 3 saturated heterocycles. The van der Waals surface area contributed by atoms with E-state index in [1.54, 1.807) is 43.5 Å². The SMILES string of the molecule is CN1C(=O)[C@@]2(Cc3ccccc3)SSSS[C@@]1(Cc1ccccc1)C(=O)N2C. The van der Waals surface area contributed by atoms with Crippen LogP contribution in [0.2, 0.25) is 0 Å². The normalized spacial score (nSPS) is 27.6. The van der Waals surface area contributed by atoms with Crippen molar-refractivity contribution in [1.82, 2.24) is 9.80 Å². The van der Waals surface area contributed by atoms with E-state index >= 15 is 0 Å². The van der Waals surface area contributed by atoms with Gasteiger partial charge < -0.3 is 9.80 Å². The number of amides is 2. The first-order valence-corrected chi connectivity index (χ1v) is 13.7. The highest BCUT2D eigenvalue weighted by molar-refractivity contribution is 9.26. The van der Waals surface area contributed by atoms with E-state index in [2.05, 4.69) is 0 Å². The van der Waals surface area contributed by atoms with Crippen LogP contribution in [0.25, 0.3) is 0 Å². The molecule has 146 valence electrons. The van der Waals surface area contributed by atoms with Crippen molar-refractivity contribution in [3.63, 3.8) is 0 Å². The maximum Gasteiger partial charge on any atom is 0.261 e. The number of nitrogens with zero attached hydrogens (tertiary/aromatic N) is 2. The van der Waals surface area contributed by atoms with E-state index in [9.17, 15) is 9.59 Å². The first kappa shape index (κ1) is 20.1. The van der Waals surface area contributed by atoms with Crippen molar-refractivity contribution in [3.8, 4) is 0 Å². The van der Waals surface area contributed by atoms with Crippen molar-refractivity contribution in [3.05, 3.63) is 71.8 Å². The molecule has 3 heterocycles. The smallest absolute Gasteiger partial charge is 0.261 e. The van der Waals surface area contributed by atoms with Gasteiger partial charge in [-0.05, 0) is 52.4 Å². The van der Waals surface area contributed by atoms with Gasteiger partial charge in [0.2, 0.25) is 0 Å². The molecule has 2 bridgehead atoms. The number of hydrogen-bond acceptors (Lipinski definition) is 6. The molecule has 28 heavy (non-hydrogen) atoms. The Hall–Kier alpha value is -1.22. The van der Waals surface area contributed by atoms with E-state index in [0.29, 0.717) is 12.8 Å². The van der Waals surface area contributed by atoms with Gasteiger partial charge in [0.15, 0.2) is 9.74 Å². The van der Waals surface area contributed by atoms with Gasteiger partial charge >= 0.3 is 0 Å². The lowest BCUT2D eigenvalue weighted by Gasteiger charge is -2.55. The van der Waals surface area contributed by atoms with Crippen molar-refractivity contribution in [1.29, 1.82) is 0 Å². The number of carbonyl (C=O) groups excluding carboxylic acids is 2. The first-order valence-electron chi connectivity index (χ1n) is 8.84. The van der Waals surface area contributed by atoms with Crippen LogP contribution in [0.15, 0.2) is 60.7 Å². The second kappa shape index (κ2) is 7.89. The minimum Gasteiger partial charge on any atom is -0.319 e. The Kier molecular flexibility index (Phi) is 5.66. The Balaban J connectivity index is 1.76. The molecule has 0 aliphatic carbocycles. The van der Waals surface area contributed by atoms with Gasteiger partial charge in [-0.15, -0.1) is 0 Å². The van der Waals surface area contributed by atoms with Crippen LogP contribution >= 0.6 is 41.2 Å². The van der Waals surface area contributed by atoms with Crippen molar-refractivity contribution in [2.45, 2.75) is 22.6 Å². The molecule has 2 atom stereocenters. The maximum atomic E-state index is 13.7. The van der Waals surface area contributed by atoms with Gasteiger partial charge in [-0.1, -0.05) is 60.7 Å². The summed E-state index contributed by atoms with van der Waals surface area (Å²) >= 11 is 0. The molecule has 2 aromatic rings. The summed E-state index contributed by atoms with van der Waals surface area (Å²) in [6, 6.07) is 19.8. The molecule has 5 rings (SSSR count). The zero-order chi connectivity index (χ0) is 19.8. The van der Waals surface area contributed by atoms with Gasteiger partial charge in [-0.3, -0.25) is 9.59 Å². The molecule has 3 aliphatic rings. The van der Waals surface area contributed by atoms with Gasteiger partial charge in [-0.2, -0.15) is 0 Å². The molecule has 8 heteroatoms. The van der Waals surface area contributed by atoms with Gasteiger partial charge in [-0.25, -0.2) is 0 Å². The molecular weight excluding hydrogens is 429 g/mol. The minimum atomic E-state index is -0.938. The third kappa shape index (κ3) is 3.24. The van der Waals surface area contributed by atoms with E-state index in [1.807, 2.05) is 60.7 Å². The predicted molar refractivity (Wildman–Crippen MR) is 122 cm³/mol. The van der Waals surface area contributed by atoms with E-state index in [1.165, 1.54) is 21.6 Å². The standard InChI is InChI=1S/C20H20N2O2S4/c1-21-17(23)20(14-16-11-7-4-8-12-16)22(2)18(24)19(21,25-27-28-26-20)13-15-9-5-3-6-10-15/h3-12H,13-14H2,1-2H3/t19-,20+. The van der Waals surface area contributed by atoms with Crippen LogP contribution in [-0.4, -0.2) is 45.5 Å². The lowest BCUT2D eigenvalue weighted by molar-refractivity contribution is -0.162. The quantitative estimate of drug-likeness (QED) is 0.642. The third-order valence-electron chi connectivity index (χ3n) is 5.31. The Morgan fingerprint density at radius 3 is 1.39 bits per heavy atom. The van der Waals surface area contributed by atoms with Crippen molar-refractivity contribution < 1.29 is 9.59 Å². The number of carbonyl (C=O) groups is 2. The monoisotopic (exact) mass is 448 g/mol. The van der Waals surface area contributed by atoms with E-state index < -0.39 is 9.74 Å². The van der Waals surface area contributed by atoms with Crippen LogP contribution in [0.4, 0.5) is 0 Å². The summed E-state index contributed by atoms with van der Waals surface area (Å²) < 4.78 is 0. The van der Waals surface area contributed by atoms with Gasteiger partial charge in [0.1, 0.15) is 0 Å². The Bertz CT molecular complexity index is 809. The summed E-state index contributed by atoms with van der Waals surface area (Å²) in [5.74, 6) is -0.0284. The number of benzene rings is 2. The highest BCUT2D eigenvalue weighted by atomic mass is 33.7. The van der Waals surface area contributed by atoms with Crippen LogP contribution in [0.5, 0.6) is 0 Å². The summed E-state index contributed by atoms with van der Waals surface area (Å²) in [6.07, 6.45) is 0.979. The number of hydrogen-bond donors (Lipinski definition) is 0. The van der Waals surface area contributed by atoms with Gasteiger partial charge in [0.05, 0.1) is 0 Å². The minimum absolute atomic E-state index is 0.0142. The number of piperazine rings is 1. The molecule has 4 nitrogen and oxygen atoms in total. The molecule has 0 aromatic heterocycles. The van der Waals surface area contributed by atoms with Crippen LogP contribution in [-0.2, 0) is 22.4 Å². The number of fused-ring (bicyclic) bond motifs is 5. The molecule has 0 saturated carbocycles. The summed E-state index contributed by atoms with van der Waals surface area (Å²) in [4.78, 5) is 28.9. The maximum absolute atomic E-state index is 13.7. The molecule has 2 amide bonds. The van der Waals surface area contributed by atoms with Gasteiger partial charge in [0, 0.05) is 26.9 Å². The fraction of sp³-hybridized carbons (Fsp3) is 0.300. The van der Waals surface area contributed by atoms with E-state index in [0.717, 1.165) is 11.1 Å². The van der Waals surface area contributed by atoms with Crippen molar-refractivity contribution in [2.24, 2.45) is 0 Å². The topological polar surface area (TPSA) is 40.6 Å². The largest absolute Gasteiger partial charge is 0.319 e. The fourth-order valence-electron chi connectivity index (χ4n) is 3.65. The predicted octanol–water partition coefficient (Wildman–Crippen LogP) is 4.49. The summed E-state index contributed by atoms with van der Waals surface area (Å²) in [7, 11) is 9.69. The Labute approximate surface area is 180 Å².